The molecule has 0 aromatic heterocycles. The molecule has 0 heterocycles. The van der Waals surface area contributed by atoms with E-state index in [2.05, 4.69) is 17.6 Å². The average molecular weight is 396 g/mol. The summed E-state index contributed by atoms with van der Waals surface area (Å²) < 4.78 is 5.62. The molecule has 154 valence electrons. The second-order valence-corrected chi connectivity index (χ2v) is 6.69. The molecule has 0 aliphatic heterocycles. The molecule has 0 unspecified atom stereocenters. The normalized spacial score (nSPS) is 10.2. The zero-order valence-corrected chi connectivity index (χ0v) is 16.8. The Morgan fingerprint density at radius 3 is 2.28 bits per heavy atom. The Morgan fingerprint density at radius 2 is 1.59 bits per heavy atom. The predicted octanol–water partition coefficient (Wildman–Crippen LogP) is 3.97. The van der Waals surface area contributed by atoms with Crippen LogP contribution in [0.1, 0.15) is 49.4 Å². The maximum Gasteiger partial charge on any atom is 0.243 e. The minimum absolute atomic E-state index is 0.0344. The molecule has 0 radical (unpaired) electrons. The number of ether oxygens (including phenoxy) is 1. The number of nitrogens with one attached hydrogen (secondary N) is 2. The number of carbonyl (C=O) groups is 3. The van der Waals surface area contributed by atoms with Gasteiger partial charge in [0.2, 0.25) is 11.8 Å². The summed E-state index contributed by atoms with van der Waals surface area (Å²) in [6.45, 7) is 2.67. The highest BCUT2D eigenvalue weighted by molar-refractivity contribution is 5.99. The molecule has 0 saturated carbocycles. The topological polar surface area (TPSA) is 84.5 Å². The van der Waals surface area contributed by atoms with Crippen LogP contribution in [0.4, 0.5) is 5.69 Å². The molecule has 0 bridgehead atoms. The number of unbranched alkanes of at least 4 members (excludes halogenated alkanes) is 2. The molecule has 0 saturated heterocycles. The molecule has 2 amide bonds. The highest BCUT2D eigenvalue weighted by Gasteiger charge is 2.11. The third-order valence-corrected chi connectivity index (χ3v) is 4.28. The summed E-state index contributed by atoms with van der Waals surface area (Å²) in [6.07, 6.45) is 3.40. The van der Waals surface area contributed by atoms with Gasteiger partial charge < -0.3 is 15.4 Å². The van der Waals surface area contributed by atoms with Crippen molar-refractivity contribution < 1.29 is 19.1 Å². The molecule has 0 spiro atoms. The van der Waals surface area contributed by atoms with Crippen molar-refractivity contribution in [1.29, 1.82) is 0 Å². The summed E-state index contributed by atoms with van der Waals surface area (Å²) in [7, 11) is 0. The van der Waals surface area contributed by atoms with E-state index < -0.39 is 0 Å². The van der Waals surface area contributed by atoms with Crippen LogP contribution < -0.4 is 15.4 Å². The molecule has 2 aromatic rings. The average Bonchev–Trinajstić information content (AvgIpc) is 2.75. The smallest absolute Gasteiger partial charge is 0.243 e. The maximum atomic E-state index is 12.2. The molecule has 2 N–H and O–H groups in total. The van der Waals surface area contributed by atoms with Crippen molar-refractivity contribution in [2.45, 2.75) is 39.0 Å². The quantitative estimate of drug-likeness (QED) is 0.420. The van der Waals surface area contributed by atoms with Crippen molar-refractivity contribution in [3.05, 3.63) is 60.2 Å². The van der Waals surface area contributed by atoms with Gasteiger partial charge in [-0.3, -0.25) is 14.4 Å². The number of amides is 2. The Kier molecular flexibility index (Phi) is 9.42. The molecule has 6 nitrogen and oxygen atoms in total. The molecular formula is C23H28N2O4. The van der Waals surface area contributed by atoms with Crippen molar-refractivity contribution in [3.63, 3.8) is 0 Å². The Hall–Kier alpha value is -3.15. The van der Waals surface area contributed by atoms with E-state index >= 15 is 0 Å². The Balaban J connectivity index is 1.67. The van der Waals surface area contributed by atoms with E-state index in [0.29, 0.717) is 17.9 Å². The number of hydrogen-bond donors (Lipinski definition) is 2. The van der Waals surface area contributed by atoms with E-state index in [1.165, 1.54) is 0 Å². The van der Waals surface area contributed by atoms with Gasteiger partial charge in [0.1, 0.15) is 5.75 Å². The van der Waals surface area contributed by atoms with Gasteiger partial charge in [-0.15, -0.1) is 0 Å². The van der Waals surface area contributed by atoms with E-state index in [1.54, 1.807) is 36.4 Å². The Bertz CT molecular complexity index is 788. The van der Waals surface area contributed by atoms with Crippen LogP contribution in [0.3, 0.4) is 0 Å². The van der Waals surface area contributed by atoms with Crippen molar-refractivity contribution in [2.24, 2.45) is 0 Å². The van der Waals surface area contributed by atoms with Crippen molar-refractivity contribution in [2.75, 3.05) is 18.5 Å². The van der Waals surface area contributed by atoms with Gasteiger partial charge in [-0.25, -0.2) is 0 Å². The number of para-hydroxylation sites is 1. The summed E-state index contributed by atoms with van der Waals surface area (Å²) in [5.74, 6) is -0.0333. The van der Waals surface area contributed by atoms with Crippen LogP contribution in [0.2, 0.25) is 0 Å². The molecular weight excluding hydrogens is 368 g/mol. The summed E-state index contributed by atoms with van der Waals surface area (Å²) in [5, 5.41) is 5.21. The number of ketones is 1. The molecule has 2 rings (SSSR count). The Morgan fingerprint density at radius 1 is 0.862 bits per heavy atom. The third kappa shape index (κ3) is 8.60. The van der Waals surface area contributed by atoms with E-state index in [1.807, 2.05) is 18.2 Å². The highest BCUT2D eigenvalue weighted by atomic mass is 16.5. The van der Waals surface area contributed by atoms with Crippen LogP contribution in [0.5, 0.6) is 5.75 Å². The van der Waals surface area contributed by atoms with Crippen molar-refractivity contribution >= 4 is 23.3 Å². The van der Waals surface area contributed by atoms with Gasteiger partial charge in [0.15, 0.2) is 5.78 Å². The van der Waals surface area contributed by atoms with Gasteiger partial charge in [-0.05, 0) is 42.8 Å². The molecule has 0 atom stereocenters. The Labute approximate surface area is 171 Å². The molecule has 0 aliphatic rings. The van der Waals surface area contributed by atoms with E-state index in [0.717, 1.165) is 25.0 Å². The first kappa shape index (κ1) is 22.1. The minimum atomic E-state index is -0.336. The zero-order valence-electron chi connectivity index (χ0n) is 16.8. The number of carbonyl (C=O) groups excluding carboxylic acids is 3. The minimum Gasteiger partial charge on any atom is -0.494 e. The first-order chi connectivity index (χ1) is 14.1. The summed E-state index contributed by atoms with van der Waals surface area (Å²) in [4.78, 5) is 36.0. The van der Waals surface area contributed by atoms with Crippen LogP contribution in [-0.4, -0.2) is 30.7 Å². The van der Waals surface area contributed by atoms with Gasteiger partial charge in [0.25, 0.3) is 0 Å². The standard InChI is InChI=1S/C23H28N2O4/c1-2-3-7-16-29-20-12-10-18(11-13-20)21(26)14-15-22(27)24-17-23(28)25-19-8-5-4-6-9-19/h4-6,8-13H,2-3,7,14-17H2,1H3,(H,24,27)(H,25,28). The van der Waals surface area contributed by atoms with Crippen molar-refractivity contribution in [3.8, 4) is 5.75 Å². The van der Waals surface area contributed by atoms with Gasteiger partial charge in [0.05, 0.1) is 13.2 Å². The fourth-order valence-electron chi connectivity index (χ4n) is 2.64. The number of rotatable bonds is 12. The lowest BCUT2D eigenvalue weighted by Gasteiger charge is -2.08. The number of benzene rings is 2. The van der Waals surface area contributed by atoms with Crippen LogP contribution in [0.15, 0.2) is 54.6 Å². The fraction of sp³-hybridized carbons (Fsp3) is 0.348. The number of hydrogen-bond acceptors (Lipinski definition) is 4. The lowest BCUT2D eigenvalue weighted by Crippen LogP contribution is -2.33. The maximum absolute atomic E-state index is 12.2. The van der Waals surface area contributed by atoms with E-state index in [9.17, 15) is 14.4 Å². The lowest BCUT2D eigenvalue weighted by molar-refractivity contribution is -0.124. The van der Waals surface area contributed by atoms with Gasteiger partial charge in [0, 0.05) is 24.1 Å². The predicted molar refractivity (Wildman–Crippen MR) is 113 cm³/mol. The summed E-state index contributed by atoms with van der Waals surface area (Å²) >= 11 is 0. The van der Waals surface area contributed by atoms with Crippen LogP contribution in [-0.2, 0) is 9.59 Å². The zero-order chi connectivity index (χ0) is 20.9. The van der Waals surface area contributed by atoms with E-state index in [-0.39, 0.29) is 37.0 Å². The largest absolute Gasteiger partial charge is 0.494 e. The molecule has 2 aromatic carbocycles. The lowest BCUT2D eigenvalue weighted by atomic mass is 10.1. The highest BCUT2D eigenvalue weighted by Crippen LogP contribution is 2.14. The summed E-state index contributed by atoms with van der Waals surface area (Å²) in [5.41, 5.74) is 1.21. The molecule has 0 fully saturated rings. The molecule has 6 heteroatoms. The van der Waals surface area contributed by atoms with E-state index in [4.69, 9.17) is 4.74 Å². The SMILES string of the molecule is CCCCCOc1ccc(C(=O)CCC(=O)NCC(=O)Nc2ccccc2)cc1. The number of anilines is 1. The van der Waals surface area contributed by atoms with Crippen LogP contribution in [0, 0.1) is 0 Å². The van der Waals surface area contributed by atoms with Crippen LogP contribution >= 0.6 is 0 Å². The molecule has 0 aliphatic carbocycles. The second kappa shape index (κ2) is 12.3. The monoisotopic (exact) mass is 396 g/mol. The third-order valence-electron chi connectivity index (χ3n) is 4.28. The summed E-state index contributed by atoms with van der Waals surface area (Å²) in [6, 6.07) is 16.0. The van der Waals surface area contributed by atoms with Crippen LogP contribution in [0.25, 0.3) is 0 Å². The fourth-order valence-corrected chi connectivity index (χ4v) is 2.64. The number of Topliss-reactive ketones (excluding diaryl/α,β-unsaturated/α-hetero) is 1. The first-order valence-corrected chi connectivity index (χ1v) is 9.96. The van der Waals surface area contributed by atoms with Gasteiger partial charge in [-0.1, -0.05) is 38.0 Å². The van der Waals surface area contributed by atoms with Gasteiger partial charge >= 0.3 is 0 Å². The van der Waals surface area contributed by atoms with Crippen molar-refractivity contribution in [1.82, 2.24) is 5.32 Å². The molecule has 29 heavy (non-hydrogen) atoms. The van der Waals surface area contributed by atoms with Gasteiger partial charge in [-0.2, -0.15) is 0 Å². The first-order valence-electron chi connectivity index (χ1n) is 9.96. The second-order valence-electron chi connectivity index (χ2n) is 6.69.